The molecule has 26 heavy (non-hydrogen) atoms. The number of benzene rings is 1. The lowest BCUT2D eigenvalue weighted by Gasteiger charge is -2.11. The van der Waals surface area contributed by atoms with Crippen LogP contribution in [0.2, 0.25) is 0 Å². The minimum absolute atomic E-state index is 0.0421. The van der Waals surface area contributed by atoms with Gasteiger partial charge in [-0.05, 0) is 31.9 Å². The Balaban J connectivity index is 1.72. The maximum Gasteiger partial charge on any atom is 0.282 e. The van der Waals surface area contributed by atoms with Crippen molar-refractivity contribution in [3.8, 4) is 0 Å². The highest BCUT2D eigenvalue weighted by Gasteiger charge is 2.17. The van der Waals surface area contributed by atoms with Gasteiger partial charge in [0.15, 0.2) is 4.80 Å². The Morgan fingerprint density at radius 3 is 2.96 bits per heavy atom. The number of nitrogens with zero attached hydrogens (tertiary/aromatic N) is 2. The van der Waals surface area contributed by atoms with Crippen molar-refractivity contribution in [1.82, 2.24) is 9.88 Å². The molecule has 1 aliphatic rings. The van der Waals surface area contributed by atoms with Crippen LogP contribution in [-0.2, 0) is 16.1 Å². The molecular weight excluding hydrogens is 357 g/mol. The lowest BCUT2D eigenvalue weighted by atomic mass is 10.2. The molecule has 2 amide bonds. The number of hydrogen-bond donors (Lipinski definition) is 1. The normalized spacial score (nSPS) is 17.5. The molecule has 0 spiro atoms. The first-order valence-corrected chi connectivity index (χ1v) is 9.23. The summed E-state index contributed by atoms with van der Waals surface area (Å²) in [5.74, 6) is -1.47. The second kappa shape index (κ2) is 8.37. The molecule has 2 heterocycles. The van der Waals surface area contributed by atoms with E-state index in [0.29, 0.717) is 11.3 Å². The zero-order chi connectivity index (χ0) is 18.5. The molecule has 6 nitrogen and oxygen atoms in total. The Kier molecular flexibility index (Phi) is 5.95. The molecule has 3 rings (SSSR count). The highest BCUT2D eigenvalue weighted by Crippen LogP contribution is 2.11. The van der Waals surface area contributed by atoms with E-state index in [1.807, 2.05) is 6.92 Å². The van der Waals surface area contributed by atoms with Crippen molar-refractivity contribution in [3.63, 3.8) is 0 Å². The van der Waals surface area contributed by atoms with Gasteiger partial charge in [0.1, 0.15) is 12.4 Å². The highest BCUT2D eigenvalue weighted by atomic mass is 32.1. The Labute approximate surface area is 154 Å². The summed E-state index contributed by atoms with van der Waals surface area (Å²) >= 11 is 1.28. The number of nitrogens with one attached hydrogen (secondary N) is 1. The summed E-state index contributed by atoms with van der Waals surface area (Å²) in [7, 11) is 0. The van der Waals surface area contributed by atoms with Crippen molar-refractivity contribution >= 4 is 23.2 Å². The number of aryl methyl sites for hydroxylation is 1. The smallest absolute Gasteiger partial charge is 0.282 e. The van der Waals surface area contributed by atoms with Crippen LogP contribution >= 0.6 is 11.3 Å². The molecule has 1 aliphatic heterocycles. The standard InChI is InChI=1S/C18H20FN3O3S/c1-12-10-22(11-16(23)20-9-13-5-4-8-25-13)18(26-12)21-17(24)14-6-2-3-7-15(14)19/h2-3,6-7,10,13H,4-5,8-9,11H2,1H3,(H,20,23). The zero-order valence-electron chi connectivity index (χ0n) is 14.4. The van der Waals surface area contributed by atoms with Crippen LogP contribution in [0.25, 0.3) is 0 Å². The third-order valence-electron chi connectivity index (χ3n) is 4.00. The molecule has 8 heteroatoms. The second-order valence-electron chi connectivity index (χ2n) is 6.09. The number of carbonyl (C=O) groups is 2. The predicted octanol–water partition coefficient (Wildman–Crippen LogP) is 2.03. The van der Waals surface area contributed by atoms with Crippen molar-refractivity contribution in [2.45, 2.75) is 32.4 Å². The van der Waals surface area contributed by atoms with Crippen LogP contribution in [0.4, 0.5) is 4.39 Å². The molecule has 1 saturated heterocycles. The maximum absolute atomic E-state index is 13.7. The lowest BCUT2D eigenvalue weighted by Crippen LogP contribution is -2.35. The Morgan fingerprint density at radius 1 is 1.42 bits per heavy atom. The number of ether oxygens (including phenoxy) is 1. The minimum atomic E-state index is -0.668. The summed E-state index contributed by atoms with van der Waals surface area (Å²) < 4.78 is 20.8. The van der Waals surface area contributed by atoms with Gasteiger partial charge >= 0.3 is 0 Å². The molecule has 1 atom stereocenters. The first kappa shape index (κ1) is 18.5. The van der Waals surface area contributed by atoms with Gasteiger partial charge < -0.3 is 14.6 Å². The molecule has 138 valence electrons. The van der Waals surface area contributed by atoms with Crippen LogP contribution in [0.1, 0.15) is 28.1 Å². The number of rotatable bonds is 5. The monoisotopic (exact) mass is 377 g/mol. The number of carbonyl (C=O) groups excluding carboxylic acids is 2. The molecule has 0 aliphatic carbocycles. The Bertz CT molecular complexity index is 869. The van der Waals surface area contributed by atoms with Crippen molar-refractivity contribution in [2.24, 2.45) is 4.99 Å². The van der Waals surface area contributed by atoms with Crippen LogP contribution < -0.4 is 10.1 Å². The molecule has 1 N–H and O–H groups in total. The topological polar surface area (TPSA) is 72.7 Å². The first-order chi connectivity index (χ1) is 12.5. The molecule has 1 fully saturated rings. The molecule has 1 aromatic heterocycles. The van der Waals surface area contributed by atoms with E-state index >= 15 is 0 Å². The van der Waals surface area contributed by atoms with E-state index in [1.165, 1.54) is 29.5 Å². The Morgan fingerprint density at radius 2 is 2.23 bits per heavy atom. The van der Waals surface area contributed by atoms with E-state index in [1.54, 1.807) is 16.8 Å². The maximum atomic E-state index is 13.7. The summed E-state index contributed by atoms with van der Waals surface area (Å²) in [6, 6.07) is 5.70. The van der Waals surface area contributed by atoms with Gasteiger partial charge in [-0.15, -0.1) is 11.3 Å². The average Bonchev–Trinajstić information content (AvgIpc) is 3.23. The van der Waals surface area contributed by atoms with E-state index in [9.17, 15) is 14.0 Å². The molecule has 0 radical (unpaired) electrons. The summed E-state index contributed by atoms with van der Waals surface area (Å²) in [6.45, 7) is 3.11. The van der Waals surface area contributed by atoms with Gasteiger partial charge in [-0.1, -0.05) is 12.1 Å². The van der Waals surface area contributed by atoms with Crippen LogP contribution in [0.3, 0.4) is 0 Å². The summed E-state index contributed by atoms with van der Waals surface area (Å²) in [6.07, 6.45) is 3.78. The van der Waals surface area contributed by atoms with E-state index in [4.69, 9.17) is 4.74 Å². The van der Waals surface area contributed by atoms with Gasteiger partial charge in [0.2, 0.25) is 5.91 Å². The molecular formula is C18H20FN3O3S. The van der Waals surface area contributed by atoms with Crippen LogP contribution in [0.5, 0.6) is 0 Å². The molecule has 1 aromatic carbocycles. The fourth-order valence-electron chi connectivity index (χ4n) is 2.73. The van der Waals surface area contributed by atoms with E-state index in [2.05, 4.69) is 10.3 Å². The minimum Gasteiger partial charge on any atom is -0.376 e. The SMILES string of the molecule is Cc1cn(CC(=O)NCC2CCCO2)c(=NC(=O)c2ccccc2F)s1. The van der Waals surface area contributed by atoms with E-state index in [0.717, 1.165) is 24.3 Å². The van der Waals surface area contributed by atoms with Gasteiger partial charge in [-0.2, -0.15) is 4.99 Å². The number of hydrogen-bond acceptors (Lipinski definition) is 4. The predicted molar refractivity (Wildman–Crippen MR) is 95.3 cm³/mol. The van der Waals surface area contributed by atoms with E-state index < -0.39 is 11.7 Å². The van der Waals surface area contributed by atoms with Gasteiger partial charge in [-0.25, -0.2) is 4.39 Å². The van der Waals surface area contributed by atoms with E-state index in [-0.39, 0.29) is 24.1 Å². The highest BCUT2D eigenvalue weighted by molar-refractivity contribution is 7.09. The zero-order valence-corrected chi connectivity index (χ0v) is 15.2. The van der Waals surface area contributed by atoms with Crippen LogP contribution in [0.15, 0.2) is 35.5 Å². The van der Waals surface area contributed by atoms with Gasteiger partial charge in [0.25, 0.3) is 5.91 Å². The third-order valence-corrected chi connectivity index (χ3v) is 4.94. The number of thiazole rings is 1. The van der Waals surface area contributed by atoms with Crippen LogP contribution in [-0.4, -0.2) is 35.6 Å². The second-order valence-corrected chi connectivity index (χ2v) is 7.30. The fraction of sp³-hybridized carbons (Fsp3) is 0.389. The summed E-state index contributed by atoms with van der Waals surface area (Å²) in [5, 5.41) is 2.84. The Hall–Kier alpha value is -2.32. The summed E-state index contributed by atoms with van der Waals surface area (Å²) in [4.78, 5) is 29.7. The first-order valence-electron chi connectivity index (χ1n) is 8.41. The summed E-state index contributed by atoms with van der Waals surface area (Å²) in [5.41, 5.74) is -0.0899. The quantitative estimate of drug-likeness (QED) is 0.867. The van der Waals surface area contributed by atoms with Gasteiger partial charge in [0, 0.05) is 24.2 Å². The van der Waals surface area contributed by atoms with Crippen molar-refractivity contribution in [1.29, 1.82) is 0 Å². The van der Waals surface area contributed by atoms with Crippen molar-refractivity contribution in [2.75, 3.05) is 13.2 Å². The average molecular weight is 377 g/mol. The van der Waals surface area contributed by atoms with Gasteiger partial charge in [-0.3, -0.25) is 9.59 Å². The van der Waals surface area contributed by atoms with Crippen molar-refractivity contribution in [3.05, 3.63) is 51.5 Å². The molecule has 0 saturated carbocycles. The molecule has 1 unspecified atom stereocenters. The third kappa shape index (κ3) is 4.64. The number of aromatic nitrogens is 1. The lowest BCUT2D eigenvalue weighted by molar-refractivity contribution is -0.122. The molecule has 0 bridgehead atoms. The van der Waals surface area contributed by atoms with Crippen LogP contribution in [0, 0.1) is 12.7 Å². The number of halogens is 1. The fourth-order valence-corrected chi connectivity index (χ4v) is 3.56. The number of amides is 2. The largest absolute Gasteiger partial charge is 0.376 e. The van der Waals surface area contributed by atoms with Crippen molar-refractivity contribution < 1.29 is 18.7 Å². The van der Waals surface area contributed by atoms with Gasteiger partial charge in [0.05, 0.1) is 11.7 Å². The molecule has 2 aromatic rings.